The Balaban J connectivity index is 1.38. The minimum atomic E-state index is -0.254. The van der Waals surface area contributed by atoms with Crippen molar-refractivity contribution in [2.45, 2.75) is 72.1 Å². The highest BCUT2D eigenvalue weighted by molar-refractivity contribution is 5.93. The topological polar surface area (TPSA) is 26.3 Å². The van der Waals surface area contributed by atoms with Gasteiger partial charge in [0, 0.05) is 0 Å². The Morgan fingerprint density at radius 2 is 1.87 bits per heavy atom. The molecule has 0 heterocycles. The van der Waals surface area contributed by atoms with Gasteiger partial charge in [0.2, 0.25) is 0 Å². The molecular formula is C29H34O2. The van der Waals surface area contributed by atoms with E-state index in [0.717, 1.165) is 34.9 Å². The van der Waals surface area contributed by atoms with Crippen molar-refractivity contribution < 1.29 is 9.53 Å². The lowest BCUT2D eigenvalue weighted by Crippen LogP contribution is -2.40. The van der Waals surface area contributed by atoms with Crippen molar-refractivity contribution in [1.29, 1.82) is 0 Å². The second-order valence-electron chi connectivity index (χ2n) is 10.5. The van der Waals surface area contributed by atoms with Crippen molar-refractivity contribution in [3.05, 3.63) is 75.9 Å². The van der Waals surface area contributed by atoms with E-state index in [4.69, 9.17) is 4.74 Å². The molecule has 31 heavy (non-hydrogen) atoms. The zero-order valence-electron chi connectivity index (χ0n) is 19.4. The van der Waals surface area contributed by atoms with Crippen molar-refractivity contribution >= 4 is 5.97 Å². The summed E-state index contributed by atoms with van der Waals surface area (Å²) in [6.07, 6.45) is 7.38. The van der Waals surface area contributed by atoms with Gasteiger partial charge in [0.25, 0.3) is 0 Å². The largest absolute Gasteiger partial charge is 0.423 e. The molecule has 0 aromatic heterocycles. The van der Waals surface area contributed by atoms with Gasteiger partial charge in [0.15, 0.2) is 0 Å². The average Bonchev–Trinajstić information content (AvgIpc) is 3.05. The molecule has 2 nitrogen and oxygen atoms in total. The van der Waals surface area contributed by atoms with Crippen LogP contribution in [-0.2, 0) is 6.42 Å². The van der Waals surface area contributed by atoms with Crippen LogP contribution < -0.4 is 4.74 Å². The lowest BCUT2D eigenvalue weighted by Gasteiger charge is -2.49. The standard InChI is InChI=1S/C29H34O2/c1-17-14-18(2)20(4)26(15-17)28(30)31-22-8-10-23-21(16-22)7-9-25-24(23)12-13-29(5)19(3)6-11-27(25)29/h8,10,14-16,24-25,27H,3,6-7,9,11-13H2,1-2,4-5H3. The minimum absolute atomic E-state index is 0.254. The van der Waals surface area contributed by atoms with Crippen molar-refractivity contribution in [2.24, 2.45) is 17.3 Å². The molecule has 4 unspecified atom stereocenters. The molecule has 0 saturated heterocycles. The number of esters is 1. The van der Waals surface area contributed by atoms with Crippen LogP contribution in [0.2, 0.25) is 0 Å². The van der Waals surface area contributed by atoms with Crippen LogP contribution in [-0.4, -0.2) is 5.97 Å². The highest BCUT2D eigenvalue weighted by Crippen LogP contribution is 2.62. The number of carbonyl (C=O) groups excluding carboxylic acids is 1. The molecule has 0 bridgehead atoms. The van der Waals surface area contributed by atoms with Crippen molar-refractivity contribution in [3.63, 3.8) is 0 Å². The number of rotatable bonds is 2. The molecule has 0 radical (unpaired) electrons. The predicted molar refractivity (Wildman–Crippen MR) is 126 cm³/mol. The van der Waals surface area contributed by atoms with Gasteiger partial charge < -0.3 is 4.74 Å². The quantitative estimate of drug-likeness (QED) is 0.294. The summed E-state index contributed by atoms with van der Waals surface area (Å²) in [5.41, 5.74) is 8.61. The molecule has 2 aromatic rings. The highest BCUT2D eigenvalue weighted by atomic mass is 16.5. The Kier molecular flexibility index (Phi) is 4.88. The van der Waals surface area contributed by atoms with E-state index in [9.17, 15) is 4.79 Å². The highest BCUT2D eigenvalue weighted by Gasteiger charge is 2.51. The number of hydrogen-bond acceptors (Lipinski definition) is 2. The molecule has 0 aliphatic heterocycles. The van der Waals surface area contributed by atoms with Crippen LogP contribution in [0, 0.1) is 38.0 Å². The van der Waals surface area contributed by atoms with Crippen molar-refractivity contribution in [2.75, 3.05) is 0 Å². The number of ether oxygens (including phenoxy) is 1. The Bertz CT molecular complexity index is 1080. The molecule has 4 atom stereocenters. The van der Waals surface area contributed by atoms with Crippen LogP contribution >= 0.6 is 0 Å². The third kappa shape index (κ3) is 3.26. The molecule has 3 aliphatic carbocycles. The van der Waals surface area contributed by atoms with E-state index in [1.807, 2.05) is 32.9 Å². The first-order valence-corrected chi connectivity index (χ1v) is 11.9. The second-order valence-corrected chi connectivity index (χ2v) is 10.5. The second kappa shape index (κ2) is 7.36. The fraction of sp³-hybridized carbons (Fsp3) is 0.483. The van der Waals surface area contributed by atoms with Gasteiger partial charge in [-0.05, 0) is 128 Å². The smallest absolute Gasteiger partial charge is 0.343 e. The van der Waals surface area contributed by atoms with Gasteiger partial charge in [-0.3, -0.25) is 0 Å². The summed E-state index contributed by atoms with van der Waals surface area (Å²) in [6, 6.07) is 10.4. The molecule has 0 N–H and O–H groups in total. The minimum Gasteiger partial charge on any atom is -0.423 e. The van der Waals surface area contributed by atoms with E-state index in [1.54, 1.807) is 0 Å². The van der Waals surface area contributed by atoms with E-state index in [-0.39, 0.29) is 5.97 Å². The summed E-state index contributed by atoms with van der Waals surface area (Å²) >= 11 is 0. The van der Waals surface area contributed by atoms with Crippen LogP contribution in [0.4, 0.5) is 0 Å². The Hall–Kier alpha value is -2.35. The summed E-state index contributed by atoms with van der Waals surface area (Å²) < 4.78 is 5.84. The molecule has 2 heteroatoms. The van der Waals surface area contributed by atoms with Gasteiger partial charge in [-0.2, -0.15) is 0 Å². The number of carbonyl (C=O) groups is 1. The first-order chi connectivity index (χ1) is 14.8. The molecule has 2 fully saturated rings. The number of fused-ring (bicyclic) bond motifs is 5. The number of benzene rings is 2. The molecule has 0 spiro atoms. The lowest BCUT2D eigenvalue weighted by molar-refractivity contribution is 0.0731. The first kappa shape index (κ1) is 20.5. The van der Waals surface area contributed by atoms with Crippen molar-refractivity contribution in [1.82, 2.24) is 0 Å². The number of hydrogen-bond donors (Lipinski definition) is 0. The van der Waals surface area contributed by atoms with Crippen LogP contribution in [0.3, 0.4) is 0 Å². The van der Waals surface area contributed by atoms with Gasteiger partial charge in [0.05, 0.1) is 5.56 Å². The maximum Gasteiger partial charge on any atom is 0.343 e. The van der Waals surface area contributed by atoms with Gasteiger partial charge in [0.1, 0.15) is 5.75 Å². The van der Waals surface area contributed by atoms with E-state index in [2.05, 4.69) is 31.7 Å². The molecule has 2 saturated carbocycles. The predicted octanol–water partition coefficient (Wildman–Crippen LogP) is 7.24. The van der Waals surface area contributed by atoms with Crippen LogP contribution in [0.25, 0.3) is 0 Å². The number of aryl methyl sites for hydroxylation is 3. The normalized spacial score (nSPS) is 29.2. The fourth-order valence-electron chi connectivity index (χ4n) is 6.94. The average molecular weight is 415 g/mol. The molecule has 0 amide bonds. The van der Waals surface area contributed by atoms with Crippen LogP contribution in [0.15, 0.2) is 42.5 Å². The third-order valence-electron chi connectivity index (χ3n) is 8.89. The van der Waals surface area contributed by atoms with Crippen LogP contribution in [0.1, 0.15) is 83.1 Å². The maximum absolute atomic E-state index is 12.9. The van der Waals surface area contributed by atoms with E-state index >= 15 is 0 Å². The summed E-state index contributed by atoms with van der Waals surface area (Å²) in [7, 11) is 0. The van der Waals surface area contributed by atoms with Gasteiger partial charge in [-0.1, -0.05) is 31.2 Å². The Morgan fingerprint density at radius 1 is 1.06 bits per heavy atom. The molecule has 162 valence electrons. The van der Waals surface area contributed by atoms with Crippen LogP contribution in [0.5, 0.6) is 5.75 Å². The van der Waals surface area contributed by atoms with Crippen molar-refractivity contribution in [3.8, 4) is 5.75 Å². The Labute approximate surface area is 186 Å². The molecule has 2 aromatic carbocycles. The third-order valence-corrected chi connectivity index (χ3v) is 8.89. The first-order valence-electron chi connectivity index (χ1n) is 11.9. The number of allylic oxidation sites excluding steroid dienone is 1. The van der Waals surface area contributed by atoms with E-state index in [0.29, 0.717) is 22.6 Å². The summed E-state index contributed by atoms with van der Waals surface area (Å²) in [5.74, 6) is 2.64. The summed E-state index contributed by atoms with van der Waals surface area (Å²) in [5, 5.41) is 0. The summed E-state index contributed by atoms with van der Waals surface area (Å²) in [4.78, 5) is 12.9. The van der Waals surface area contributed by atoms with E-state index < -0.39 is 0 Å². The van der Waals surface area contributed by atoms with Gasteiger partial charge in [-0.15, -0.1) is 0 Å². The molecular weight excluding hydrogens is 380 g/mol. The van der Waals surface area contributed by atoms with Gasteiger partial charge in [-0.25, -0.2) is 4.79 Å². The monoisotopic (exact) mass is 414 g/mol. The molecule has 3 aliphatic rings. The zero-order valence-corrected chi connectivity index (χ0v) is 19.4. The summed E-state index contributed by atoms with van der Waals surface area (Å²) in [6.45, 7) is 13.0. The Morgan fingerprint density at radius 3 is 2.68 bits per heavy atom. The SMILES string of the molecule is C=C1CCC2C3CCc4cc(OC(=O)c5cc(C)cc(C)c5C)ccc4C3CCC12C. The maximum atomic E-state index is 12.9. The lowest BCUT2D eigenvalue weighted by atomic mass is 9.55. The molecule has 5 rings (SSSR count). The fourth-order valence-corrected chi connectivity index (χ4v) is 6.94. The zero-order chi connectivity index (χ0) is 21.9. The van der Waals surface area contributed by atoms with Gasteiger partial charge >= 0.3 is 5.97 Å². The van der Waals surface area contributed by atoms with E-state index in [1.165, 1.54) is 48.8 Å².